The molecule has 6 nitrogen and oxygen atoms in total. The van der Waals surface area contributed by atoms with E-state index in [0.29, 0.717) is 23.7 Å². The van der Waals surface area contributed by atoms with E-state index < -0.39 is 0 Å². The van der Waals surface area contributed by atoms with Gasteiger partial charge < -0.3 is 19.9 Å². The zero-order chi connectivity index (χ0) is 14.5. The normalized spacial score (nSPS) is 12.2. The number of aliphatic hydroxyl groups excluding tert-OH is 1. The van der Waals surface area contributed by atoms with Gasteiger partial charge in [-0.25, -0.2) is 9.97 Å². The number of ether oxygens (including phenoxy) is 2. The van der Waals surface area contributed by atoms with Crippen LogP contribution < -0.4 is 14.8 Å². The summed E-state index contributed by atoms with van der Waals surface area (Å²) < 4.78 is 10.6. The van der Waals surface area contributed by atoms with Gasteiger partial charge in [0.2, 0.25) is 0 Å². The van der Waals surface area contributed by atoms with Crippen molar-refractivity contribution in [1.29, 1.82) is 0 Å². The molecule has 20 heavy (non-hydrogen) atoms. The SMILES string of the molecule is COc1cc(OC)c2ncnc(NC(C)CCO)c2c1. The summed E-state index contributed by atoms with van der Waals surface area (Å²) >= 11 is 0. The minimum Gasteiger partial charge on any atom is -0.497 e. The highest BCUT2D eigenvalue weighted by atomic mass is 16.5. The lowest BCUT2D eigenvalue weighted by Crippen LogP contribution is -2.17. The van der Waals surface area contributed by atoms with Gasteiger partial charge in [-0.15, -0.1) is 0 Å². The largest absolute Gasteiger partial charge is 0.497 e. The summed E-state index contributed by atoms with van der Waals surface area (Å²) in [6, 6.07) is 3.76. The quantitative estimate of drug-likeness (QED) is 0.839. The molecule has 2 rings (SSSR count). The molecule has 0 aliphatic rings. The first-order valence-corrected chi connectivity index (χ1v) is 6.43. The molecule has 0 radical (unpaired) electrons. The third-order valence-corrected chi connectivity index (χ3v) is 3.08. The summed E-state index contributed by atoms with van der Waals surface area (Å²) in [5.41, 5.74) is 0.724. The molecule has 1 aromatic carbocycles. The monoisotopic (exact) mass is 277 g/mol. The number of benzene rings is 1. The van der Waals surface area contributed by atoms with Crippen LogP contribution in [0.1, 0.15) is 13.3 Å². The van der Waals surface area contributed by atoms with Crippen molar-refractivity contribution in [1.82, 2.24) is 9.97 Å². The molecule has 0 aliphatic carbocycles. The Labute approximate surface area is 117 Å². The van der Waals surface area contributed by atoms with Gasteiger partial charge in [0.05, 0.1) is 19.6 Å². The van der Waals surface area contributed by atoms with E-state index >= 15 is 0 Å². The first kappa shape index (κ1) is 14.3. The standard InChI is InChI=1S/C14H19N3O3/c1-9(4-5-18)17-14-11-6-10(19-2)7-12(20-3)13(11)15-8-16-14/h6-9,18H,4-5H2,1-3H3,(H,15,16,17). The second kappa shape index (κ2) is 6.38. The van der Waals surface area contributed by atoms with E-state index in [4.69, 9.17) is 14.6 Å². The molecule has 0 bridgehead atoms. The van der Waals surface area contributed by atoms with Crippen LogP contribution in [0.2, 0.25) is 0 Å². The molecule has 0 saturated carbocycles. The predicted octanol–water partition coefficient (Wildman–Crippen LogP) is 1.83. The molecular formula is C14H19N3O3. The molecule has 1 unspecified atom stereocenters. The third-order valence-electron chi connectivity index (χ3n) is 3.08. The maximum Gasteiger partial charge on any atom is 0.148 e. The highest BCUT2D eigenvalue weighted by molar-refractivity contribution is 5.94. The number of nitrogens with one attached hydrogen (secondary N) is 1. The van der Waals surface area contributed by atoms with Crippen molar-refractivity contribution in [2.45, 2.75) is 19.4 Å². The average Bonchev–Trinajstić information content (AvgIpc) is 2.46. The molecular weight excluding hydrogens is 258 g/mol. The van der Waals surface area contributed by atoms with Crippen LogP contribution in [-0.4, -0.2) is 41.9 Å². The molecule has 2 N–H and O–H groups in total. The number of rotatable bonds is 6. The fourth-order valence-corrected chi connectivity index (χ4v) is 2.00. The highest BCUT2D eigenvalue weighted by Gasteiger charge is 2.12. The number of fused-ring (bicyclic) bond motifs is 1. The minimum absolute atomic E-state index is 0.107. The first-order chi connectivity index (χ1) is 9.69. The minimum atomic E-state index is 0.107. The Balaban J connectivity index is 2.49. The van der Waals surface area contributed by atoms with Gasteiger partial charge in [-0.2, -0.15) is 0 Å². The number of aromatic nitrogens is 2. The summed E-state index contributed by atoms with van der Waals surface area (Å²) in [6.07, 6.45) is 2.14. The summed E-state index contributed by atoms with van der Waals surface area (Å²) in [5.74, 6) is 2.02. The Hall–Kier alpha value is -2.08. The van der Waals surface area contributed by atoms with Gasteiger partial charge >= 0.3 is 0 Å². The van der Waals surface area contributed by atoms with Crippen LogP contribution in [0.15, 0.2) is 18.5 Å². The molecule has 0 saturated heterocycles. The summed E-state index contributed by atoms with van der Waals surface area (Å²) in [5, 5.41) is 13.1. The van der Waals surface area contributed by atoms with Crippen molar-refractivity contribution < 1.29 is 14.6 Å². The molecule has 0 fully saturated rings. The topological polar surface area (TPSA) is 76.5 Å². The third kappa shape index (κ3) is 2.91. The average molecular weight is 277 g/mol. The van der Waals surface area contributed by atoms with E-state index in [9.17, 15) is 0 Å². The number of anilines is 1. The maximum atomic E-state index is 8.98. The summed E-state index contributed by atoms with van der Waals surface area (Å²) in [6.45, 7) is 2.12. The summed E-state index contributed by atoms with van der Waals surface area (Å²) in [7, 11) is 3.20. The van der Waals surface area contributed by atoms with Crippen molar-refractivity contribution in [3.05, 3.63) is 18.5 Å². The Morgan fingerprint density at radius 2 is 2.05 bits per heavy atom. The Morgan fingerprint density at radius 1 is 1.25 bits per heavy atom. The van der Waals surface area contributed by atoms with Crippen LogP contribution in [0, 0.1) is 0 Å². The van der Waals surface area contributed by atoms with Crippen molar-refractivity contribution in [2.24, 2.45) is 0 Å². The molecule has 2 aromatic rings. The first-order valence-electron chi connectivity index (χ1n) is 6.43. The number of aliphatic hydroxyl groups is 1. The van der Waals surface area contributed by atoms with Gasteiger partial charge in [-0.3, -0.25) is 0 Å². The van der Waals surface area contributed by atoms with Crippen molar-refractivity contribution in [2.75, 3.05) is 26.1 Å². The Bertz CT molecular complexity index is 589. The van der Waals surface area contributed by atoms with E-state index in [1.807, 2.05) is 13.0 Å². The Kier molecular flexibility index (Phi) is 4.57. The van der Waals surface area contributed by atoms with Gasteiger partial charge in [0.15, 0.2) is 0 Å². The van der Waals surface area contributed by atoms with Gasteiger partial charge in [0.25, 0.3) is 0 Å². The highest BCUT2D eigenvalue weighted by Crippen LogP contribution is 2.32. The van der Waals surface area contributed by atoms with Crippen LogP contribution in [0.4, 0.5) is 5.82 Å². The van der Waals surface area contributed by atoms with Crippen LogP contribution in [0.3, 0.4) is 0 Å². The van der Waals surface area contributed by atoms with Crippen molar-refractivity contribution >= 4 is 16.7 Å². The molecule has 1 atom stereocenters. The van der Waals surface area contributed by atoms with E-state index in [0.717, 1.165) is 10.9 Å². The molecule has 0 spiro atoms. The van der Waals surface area contributed by atoms with Gasteiger partial charge in [0, 0.05) is 18.7 Å². The second-order valence-corrected chi connectivity index (χ2v) is 4.51. The molecule has 108 valence electrons. The lowest BCUT2D eigenvalue weighted by molar-refractivity contribution is 0.282. The lowest BCUT2D eigenvalue weighted by Gasteiger charge is -2.16. The van der Waals surface area contributed by atoms with Crippen LogP contribution in [0.25, 0.3) is 10.9 Å². The molecule has 1 aromatic heterocycles. The van der Waals surface area contributed by atoms with Gasteiger partial charge in [-0.05, 0) is 19.4 Å². The van der Waals surface area contributed by atoms with Crippen LogP contribution >= 0.6 is 0 Å². The second-order valence-electron chi connectivity index (χ2n) is 4.51. The van der Waals surface area contributed by atoms with Crippen molar-refractivity contribution in [3.8, 4) is 11.5 Å². The van der Waals surface area contributed by atoms with Crippen LogP contribution in [0.5, 0.6) is 11.5 Å². The number of hydrogen-bond acceptors (Lipinski definition) is 6. The van der Waals surface area contributed by atoms with E-state index in [1.54, 1.807) is 20.3 Å². The predicted molar refractivity (Wildman–Crippen MR) is 77.4 cm³/mol. The fourth-order valence-electron chi connectivity index (χ4n) is 2.00. The maximum absolute atomic E-state index is 8.98. The summed E-state index contributed by atoms with van der Waals surface area (Å²) in [4.78, 5) is 8.53. The lowest BCUT2D eigenvalue weighted by atomic mass is 10.2. The molecule has 1 heterocycles. The van der Waals surface area contributed by atoms with E-state index in [1.165, 1.54) is 6.33 Å². The molecule has 0 amide bonds. The molecule has 6 heteroatoms. The fraction of sp³-hybridized carbons (Fsp3) is 0.429. The zero-order valence-corrected chi connectivity index (χ0v) is 11.9. The molecule has 0 aliphatic heterocycles. The van der Waals surface area contributed by atoms with Gasteiger partial charge in [0.1, 0.15) is 29.2 Å². The number of methoxy groups -OCH3 is 2. The Morgan fingerprint density at radius 3 is 2.70 bits per heavy atom. The smallest absolute Gasteiger partial charge is 0.148 e. The zero-order valence-electron chi connectivity index (χ0n) is 11.9. The van der Waals surface area contributed by atoms with E-state index in [-0.39, 0.29) is 12.6 Å². The van der Waals surface area contributed by atoms with Gasteiger partial charge in [-0.1, -0.05) is 0 Å². The number of hydrogen-bond donors (Lipinski definition) is 2. The van der Waals surface area contributed by atoms with E-state index in [2.05, 4.69) is 15.3 Å². The number of nitrogens with zero attached hydrogens (tertiary/aromatic N) is 2. The van der Waals surface area contributed by atoms with Crippen LogP contribution in [-0.2, 0) is 0 Å². The van der Waals surface area contributed by atoms with Crippen molar-refractivity contribution in [3.63, 3.8) is 0 Å².